The van der Waals surface area contributed by atoms with Gasteiger partial charge in [-0.05, 0) is 37.3 Å². The number of nitrogens with one attached hydrogen (secondary N) is 2. The van der Waals surface area contributed by atoms with E-state index in [2.05, 4.69) is 5.32 Å². The largest absolute Gasteiger partial charge is 0.324 e. The van der Waals surface area contributed by atoms with Crippen LogP contribution in [0.5, 0.6) is 0 Å². The van der Waals surface area contributed by atoms with Crippen LogP contribution in [0.15, 0.2) is 42.5 Å². The first-order chi connectivity index (χ1) is 10.9. The van der Waals surface area contributed by atoms with Crippen molar-refractivity contribution in [3.63, 3.8) is 0 Å². The molecule has 0 saturated heterocycles. The van der Waals surface area contributed by atoms with Crippen LogP contribution < -0.4 is 10.2 Å². The summed E-state index contributed by atoms with van der Waals surface area (Å²) in [6, 6.07) is 10.9. The van der Waals surface area contributed by atoms with Crippen LogP contribution in [0.2, 0.25) is 10.0 Å². The van der Waals surface area contributed by atoms with E-state index in [0.29, 0.717) is 22.3 Å². The Morgan fingerprint density at radius 1 is 1.22 bits per heavy atom. The van der Waals surface area contributed by atoms with E-state index in [1.807, 2.05) is 14.0 Å². The van der Waals surface area contributed by atoms with Gasteiger partial charge in [-0.2, -0.15) is 0 Å². The predicted octanol–water partition coefficient (Wildman–Crippen LogP) is 3.17. The van der Waals surface area contributed by atoms with Gasteiger partial charge in [-0.15, -0.1) is 0 Å². The van der Waals surface area contributed by atoms with Gasteiger partial charge in [-0.1, -0.05) is 35.3 Å². The van der Waals surface area contributed by atoms with E-state index in [9.17, 15) is 9.18 Å². The van der Waals surface area contributed by atoms with Crippen molar-refractivity contribution in [3.8, 4) is 0 Å². The summed E-state index contributed by atoms with van der Waals surface area (Å²) in [5.41, 5.74) is 1.50. The lowest BCUT2D eigenvalue weighted by Gasteiger charge is -2.21. The molecule has 0 spiro atoms. The maximum Gasteiger partial charge on any atom is 0.282 e. The summed E-state index contributed by atoms with van der Waals surface area (Å²) in [6.45, 7) is 2.45. The summed E-state index contributed by atoms with van der Waals surface area (Å²) < 4.78 is 12.9. The van der Waals surface area contributed by atoms with Crippen LogP contribution in [0, 0.1) is 5.82 Å². The van der Waals surface area contributed by atoms with Gasteiger partial charge in [0.05, 0.1) is 17.8 Å². The molecule has 0 fully saturated rings. The Bertz CT molecular complexity index is 691. The van der Waals surface area contributed by atoms with Crippen molar-refractivity contribution < 1.29 is 14.1 Å². The van der Waals surface area contributed by atoms with Crippen LogP contribution in [-0.4, -0.2) is 19.0 Å². The first-order valence-corrected chi connectivity index (χ1v) is 7.95. The Kier molecular flexibility index (Phi) is 5.99. The zero-order valence-corrected chi connectivity index (χ0v) is 14.4. The Morgan fingerprint density at radius 2 is 1.87 bits per heavy atom. The number of amides is 1. The molecule has 2 atom stereocenters. The smallest absolute Gasteiger partial charge is 0.282 e. The number of hydrogen-bond donors (Lipinski definition) is 2. The summed E-state index contributed by atoms with van der Waals surface area (Å²) in [5, 5.41) is 3.71. The fraction of sp³-hybridized carbons (Fsp3) is 0.235. The standard InChI is InChI=1S/C17H17Cl2FN2O/c1-11(22(2)10-12-3-6-14(20)7-4-12)17(23)21-16-8-5-13(18)9-15(16)19/h3-9,11H,10H2,1-2H3,(H,21,23)/p+1/t11-/m0/s1. The molecule has 0 radical (unpaired) electrons. The Morgan fingerprint density at radius 3 is 2.48 bits per heavy atom. The highest BCUT2D eigenvalue weighted by molar-refractivity contribution is 6.36. The third-order valence-electron chi connectivity index (χ3n) is 3.72. The summed E-state index contributed by atoms with van der Waals surface area (Å²) in [5.74, 6) is -0.414. The number of carbonyl (C=O) groups is 1. The maximum atomic E-state index is 12.9. The SMILES string of the molecule is C[C@@H](C(=O)Nc1ccc(Cl)cc1Cl)[NH+](C)Cc1ccc(F)cc1. The topological polar surface area (TPSA) is 33.5 Å². The monoisotopic (exact) mass is 355 g/mol. The molecule has 3 nitrogen and oxygen atoms in total. The van der Waals surface area contributed by atoms with Gasteiger partial charge >= 0.3 is 0 Å². The lowest BCUT2D eigenvalue weighted by Crippen LogP contribution is -3.12. The van der Waals surface area contributed by atoms with E-state index < -0.39 is 0 Å². The Hall–Kier alpha value is -1.62. The maximum absolute atomic E-state index is 12.9. The van der Waals surface area contributed by atoms with Crippen molar-refractivity contribution in [2.45, 2.75) is 19.5 Å². The van der Waals surface area contributed by atoms with Crippen molar-refractivity contribution in [3.05, 3.63) is 63.9 Å². The number of halogens is 3. The fourth-order valence-corrected chi connectivity index (χ4v) is 2.59. The molecule has 2 aromatic carbocycles. The first-order valence-electron chi connectivity index (χ1n) is 7.19. The van der Waals surface area contributed by atoms with Crippen molar-refractivity contribution in [1.29, 1.82) is 0 Å². The van der Waals surface area contributed by atoms with Gasteiger partial charge in [-0.25, -0.2) is 4.39 Å². The minimum absolute atomic E-state index is 0.145. The second-order valence-electron chi connectivity index (χ2n) is 5.48. The average molecular weight is 356 g/mol. The molecule has 0 bridgehead atoms. The van der Waals surface area contributed by atoms with Crippen LogP contribution in [0.4, 0.5) is 10.1 Å². The van der Waals surface area contributed by atoms with E-state index in [1.165, 1.54) is 12.1 Å². The van der Waals surface area contributed by atoms with Gasteiger partial charge < -0.3 is 10.2 Å². The molecule has 0 aliphatic carbocycles. The van der Waals surface area contributed by atoms with Crippen LogP contribution in [-0.2, 0) is 11.3 Å². The molecule has 0 aromatic heterocycles. The summed E-state index contributed by atoms with van der Waals surface area (Å²) in [7, 11) is 1.91. The Labute approximate surface area is 145 Å². The number of hydrogen-bond acceptors (Lipinski definition) is 1. The number of carbonyl (C=O) groups excluding carboxylic acids is 1. The second-order valence-corrected chi connectivity index (χ2v) is 6.33. The Balaban J connectivity index is 1.99. The van der Waals surface area contributed by atoms with Crippen LogP contribution >= 0.6 is 23.2 Å². The highest BCUT2D eigenvalue weighted by Gasteiger charge is 2.22. The molecule has 0 heterocycles. The summed E-state index contributed by atoms with van der Waals surface area (Å²) >= 11 is 11.9. The molecule has 2 aromatic rings. The number of benzene rings is 2. The summed E-state index contributed by atoms with van der Waals surface area (Å²) in [6.07, 6.45) is 0. The zero-order valence-electron chi connectivity index (χ0n) is 12.9. The minimum Gasteiger partial charge on any atom is -0.324 e. The van der Waals surface area contributed by atoms with Gasteiger partial charge in [0, 0.05) is 10.6 Å². The fourth-order valence-electron chi connectivity index (χ4n) is 2.13. The third kappa shape index (κ3) is 4.93. The predicted molar refractivity (Wildman–Crippen MR) is 91.5 cm³/mol. The van der Waals surface area contributed by atoms with Crippen molar-refractivity contribution in [2.75, 3.05) is 12.4 Å². The molecule has 2 rings (SSSR count). The second kappa shape index (κ2) is 7.77. The average Bonchev–Trinajstić information content (AvgIpc) is 2.51. The zero-order chi connectivity index (χ0) is 17.0. The van der Waals surface area contributed by atoms with Gasteiger partial charge in [-0.3, -0.25) is 4.79 Å². The van der Waals surface area contributed by atoms with E-state index in [4.69, 9.17) is 23.2 Å². The van der Waals surface area contributed by atoms with Crippen molar-refractivity contribution >= 4 is 34.8 Å². The first kappa shape index (κ1) is 17.7. The summed E-state index contributed by atoms with van der Waals surface area (Å²) in [4.78, 5) is 13.3. The van der Waals surface area contributed by atoms with Gasteiger partial charge in [0.15, 0.2) is 6.04 Å². The highest BCUT2D eigenvalue weighted by Crippen LogP contribution is 2.25. The highest BCUT2D eigenvalue weighted by atomic mass is 35.5. The quantitative estimate of drug-likeness (QED) is 0.848. The molecule has 0 aliphatic rings. The molecule has 0 saturated carbocycles. The van der Waals surface area contributed by atoms with E-state index >= 15 is 0 Å². The molecule has 6 heteroatoms. The van der Waals surface area contributed by atoms with Crippen molar-refractivity contribution in [1.82, 2.24) is 0 Å². The number of likely N-dealkylation sites (N-methyl/N-ethyl adjacent to an activating group) is 1. The molecule has 122 valence electrons. The molecule has 23 heavy (non-hydrogen) atoms. The number of anilines is 1. The van der Waals surface area contributed by atoms with Crippen LogP contribution in [0.25, 0.3) is 0 Å². The minimum atomic E-state index is -0.299. The van der Waals surface area contributed by atoms with Crippen molar-refractivity contribution in [2.24, 2.45) is 0 Å². The van der Waals surface area contributed by atoms with E-state index in [1.54, 1.807) is 30.3 Å². The number of quaternary nitrogens is 1. The van der Waals surface area contributed by atoms with Crippen LogP contribution in [0.1, 0.15) is 12.5 Å². The lowest BCUT2D eigenvalue weighted by molar-refractivity contribution is -0.907. The molecule has 1 amide bonds. The lowest BCUT2D eigenvalue weighted by atomic mass is 10.2. The number of rotatable bonds is 5. The molecule has 2 N–H and O–H groups in total. The van der Waals surface area contributed by atoms with Gasteiger partial charge in [0.25, 0.3) is 5.91 Å². The van der Waals surface area contributed by atoms with E-state index in [-0.39, 0.29) is 17.8 Å². The van der Waals surface area contributed by atoms with E-state index in [0.717, 1.165) is 10.5 Å². The van der Waals surface area contributed by atoms with Gasteiger partial charge in [0.1, 0.15) is 12.4 Å². The molecular weight excluding hydrogens is 338 g/mol. The third-order valence-corrected chi connectivity index (χ3v) is 4.27. The molecule has 1 unspecified atom stereocenters. The van der Waals surface area contributed by atoms with Gasteiger partial charge in [0.2, 0.25) is 0 Å². The normalized spacial score (nSPS) is 13.4. The molecule has 0 aliphatic heterocycles. The van der Waals surface area contributed by atoms with Crippen LogP contribution in [0.3, 0.4) is 0 Å². The molecular formula is C17H18Cl2FN2O+.